The number of nitrogens with zero attached hydrogens (tertiary/aromatic N) is 1. The van der Waals surface area contributed by atoms with Crippen molar-refractivity contribution in [1.29, 1.82) is 0 Å². The largest absolute Gasteiger partial charge is 0.497 e. The van der Waals surface area contributed by atoms with Crippen molar-refractivity contribution in [3.8, 4) is 5.75 Å². The average Bonchev–Trinajstić information content (AvgIpc) is 3.08. The zero-order valence-electron chi connectivity index (χ0n) is 17.0. The van der Waals surface area contributed by atoms with Gasteiger partial charge < -0.3 is 19.7 Å². The molecule has 162 valence electrons. The summed E-state index contributed by atoms with van der Waals surface area (Å²) in [4.78, 5) is 39.7. The molecule has 30 heavy (non-hydrogen) atoms. The molecule has 0 radical (unpaired) electrons. The zero-order chi connectivity index (χ0) is 21.7. The highest BCUT2D eigenvalue weighted by Gasteiger charge is 2.37. The molecule has 1 unspecified atom stereocenters. The lowest BCUT2D eigenvalue weighted by molar-refractivity contribution is -0.147. The lowest BCUT2D eigenvalue weighted by Crippen LogP contribution is -2.57. The summed E-state index contributed by atoms with van der Waals surface area (Å²) in [5.41, 5.74) is 0. The monoisotopic (exact) mass is 452 g/mol. The van der Waals surface area contributed by atoms with Crippen LogP contribution in [0.4, 0.5) is 0 Å². The number of fused-ring (bicyclic) bond motifs is 1. The van der Waals surface area contributed by atoms with Crippen molar-refractivity contribution in [3.63, 3.8) is 0 Å². The maximum atomic E-state index is 13.3. The number of carbonyl (C=O) groups is 3. The molecule has 1 aromatic carbocycles. The second-order valence-electron chi connectivity index (χ2n) is 7.04. The SMILES string of the molecule is CCCCCOC(=O)CC1C(=O)NCCN1C(=O)c1sc2cc(OC)ccc2c1Cl. The van der Waals surface area contributed by atoms with E-state index in [0.29, 0.717) is 35.3 Å². The van der Waals surface area contributed by atoms with Gasteiger partial charge in [-0.15, -0.1) is 11.3 Å². The van der Waals surface area contributed by atoms with Crippen LogP contribution in [-0.2, 0) is 14.3 Å². The first-order chi connectivity index (χ1) is 14.5. The summed E-state index contributed by atoms with van der Waals surface area (Å²) in [6.45, 7) is 3.00. The van der Waals surface area contributed by atoms with E-state index in [1.165, 1.54) is 16.2 Å². The molecule has 1 aromatic heterocycles. The molecule has 9 heteroatoms. The smallest absolute Gasteiger partial charge is 0.308 e. The minimum Gasteiger partial charge on any atom is -0.497 e. The van der Waals surface area contributed by atoms with Gasteiger partial charge in [-0.25, -0.2) is 0 Å². The van der Waals surface area contributed by atoms with E-state index in [1.54, 1.807) is 19.2 Å². The summed E-state index contributed by atoms with van der Waals surface area (Å²) in [5, 5.41) is 3.81. The molecule has 1 aliphatic heterocycles. The third kappa shape index (κ3) is 4.87. The van der Waals surface area contributed by atoms with E-state index in [-0.39, 0.29) is 18.2 Å². The second kappa shape index (κ2) is 10.1. The highest BCUT2D eigenvalue weighted by atomic mass is 35.5. The number of hydrogen-bond donors (Lipinski definition) is 1. The second-order valence-corrected chi connectivity index (χ2v) is 8.47. The molecule has 1 atom stereocenters. The number of benzene rings is 1. The molecule has 0 bridgehead atoms. The predicted octanol–water partition coefficient (Wildman–Crippen LogP) is 3.63. The Labute approximate surface area is 184 Å². The molecule has 0 aliphatic carbocycles. The van der Waals surface area contributed by atoms with Gasteiger partial charge in [-0.05, 0) is 24.6 Å². The van der Waals surface area contributed by atoms with Crippen molar-refractivity contribution >= 4 is 50.8 Å². The highest BCUT2D eigenvalue weighted by Crippen LogP contribution is 2.38. The number of amides is 2. The molecule has 0 saturated carbocycles. The summed E-state index contributed by atoms with van der Waals surface area (Å²) >= 11 is 7.73. The van der Waals surface area contributed by atoms with Gasteiger partial charge in [-0.2, -0.15) is 0 Å². The van der Waals surface area contributed by atoms with E-state index in [2.05, 4.69) is 12.2 Å². The van der Waals surface area contributed by atoms with E-state index in [1.807, 2.05) is 6.07 Å². The predicted molar refractivity (Wildman–Crippen MR) is 116 cm³/mol. The highest BCUT2D eigenvalue weighted by molar-refractivity contribution is 7.21. The first-order valence-electron chi connectivity index (χ1n) is 9.96. The number of piperazine rings is 1. The van der Waals surface area contributed by atoms with Crippen molar-refractivity contribution in [3.05, 3.63) is 28.1 Å². The third-order valence-corrected chi connectivity index (χ3v) is 6.64. The van der Waals surface area contributed by atoms with Gasteiger partial charge in [-0.1, -0.05) is 31.4 Å². The maximum Gasteiger partial charge on any atom is 0.308 e. The van der Waals surface area contributed by atoms with Gasteiger partial charge >= 0.3 is 5.97 Å². The Hall–Kier alpha value is -2.32. The summed E-state index contributed by atoms with van der Waals surface area (Å²) in [6, 6.07) is 4.48. The van der Waals surface area contributed by atoms with Gasteiger partial charge in [0.15, 0.2) is 0 Å². The van der Waals surface area contributed by atoms with Crippen molar-refractivity contribution in [2.45, 2.75) is 38.6 Å². The van der Waals surface area contributed by atoms with Crippen molar-refractivity contribution in [2.75, 3.05) is 26.8 Å². The van der Waals surface area contributed by atoms with E-state index >= 15 is 0 Å². The van der Waals surface area contributed by atoms with E-state index in [4.69, 9.17) is 21.1 Å². The Kier molecular flexibility index (Phi) is 7.55. The zero-order valence-corrected chi connectivity index (χ0v) is 18.6. The Morgan fingerprint density at radius 1 is 1.33 bits per heavy atom. The minimum absolute atomic E-state index is 0.181. The number of halogens is 1. The Morgan fingerprint density at radius 3 is 2.87 bits per heavy atom. The molecule has 0 spiro atoms. The summed E-state index contributed by atoms with van der Waals surface area (Å²) < 4.78 is 11.3. The topological polar surface area (TPSA) is 84.9 Å². The molecule has 1 fully saturated rings. The van der Waals surface area contributed by atoms with Gasteiger partial charge in [0.2, 0.25) is 5.91 Å². The van der Waals surface area contributed by atoms with Crippen LogP contribution in [0, 0.1) is 0 Å². The number of esters is 1. The van der Waals surface area contributed by atoms with Crippen molar-refractivity contribution in [2.24, 2.45) is 0 Å². The molecule has 3 rings (SSSR count). The van der Waals surface area contributed by atoms with Gasteiger partial charge in [-0.3, -0.25) is 14.4 Å². The van der Waals surface area contributed by atoms with Crippen LogP contribution < -0.4 is 10.1 Å². The molecule has 1 aliphatic rings. The Balaban J connectivity index is 1.78. The van der Waals surface area contributed by atoms with E-state index in [9.17, 15) is 14.4 Å². The van der Waals surface area contributed by atoms with Gasteiger partial charge in [0.25, 0.3) is 5.91 Å². The van der Waals surface area contributed by atoms with Gasteiger partial charge in [0.1, 0.15) is 16.7 Å². The van der Waals surface area contributed by atoms with Crippen LogP contribution in [0.25, 0.3) is 10.1 Å². The molecular formula is C21H25ClN2O5S. The number of hydrogen-bond acceptors (Lipinski definition) is 6. The number of methoxy groups -OCH3 is 1. The standard InChI is InChI=1S/C21H25ClN2O5S/c1-3-4-5-10-29-17(25)12-15-20(26)23-8-9-24(15)21(27)19-18(22)14-7-6-13(28-2)11-16(14)30-19/h6-7,11,15H,3-5,8-10,12H2,1-2H3,(H,23,26). The van der Waals surface area contributed by atoms with Crippen LogP contribution in [0.5, 0.6) is 5.75 Å². The molecule has 2 amide bonds. The quantitative estimate of drug-likeness (QED) is 0.488. The maximum absolute atomic E-state index is 13.3. The minimum atomic E-state index is -0.916. The molecular weight excluding hydrogens is 428 g/mol. The van der Waals surface area contributed by atoms with Gasteiger partial charge in [0.05, 0.1) is 25.2 Å². The van der Waals surface area contributed by atoms with Crippen LogP contribution >= 0.6 is 22.9 Å². The fraction of sp³-hybridized carbons (Fsp3) is 0.476. The third-order valence-electron chi connectivity index (χ3n) is 4.99. The summed E-state index contributed by atoms with van der Waals surface area (Å²) in [6.07, 6.45) is 2.59. The number of rotatable bonds is 8. The van der Waals surface area contributed by atoms with Crippen LogP contribution in [0.2, 0.25) is 5.02 Å². The van der Waals surface area contributed by atoms with E-state index in [0.717, 1.165) is 29.3 Å². The van der Waals surface area contributed by atoms with Gasteiger partial charge in [0, 0.05) is 23.2 Å². The molecule has 2 aromatic rings. The first-order valence-corrected chi connectivity index (χ1v) is 11.2. The van der Waals surface area contributed by atoms with E-state index < -0.39 is 12.0 Å². The number of unbranched alkanes of at least 4 members (excludes halogenated alkanes) is 2. The lowest BCUT2D eigenvalue weighted by Gasteiger charge is -2.34. The van der Waals surface area contributed by atoms with Crippen molar-refractivity contribution in [1.82, 2.24) is 10.2 Å². The normalized spacial score (nSPS) is 16.4. The summed E-state index contributed by atoms with van der Waals surface area (Å²) in [5.74, 6) is -0.545. The van der Waals surface area contributed by atoms with Crippen molar-refractivity contribution < 1.29 is 23.9 Å². The number of nitrogens with one attached hydrogen (secondary N) is 1. The van der Waals surface area contributed by atoms with Crippen LogP contribution in [-0.4, -0.2) is 55.5 Å². The molecule has 1 saturated heterocycles. The Morgan fingerprint density at radius 2 is 2.13 bits per heavy atom. The fourth-order valence-corrected chi connectivity index (χ4v) is 4.85. The number of thiophene rings is 1. The fourth-order valence-electron chi connectivity index (χ4n) is 3.36. The van der Waals surface area contributed by atoms with Crippen LogP contribution in [0.15, 0.2) is 18.2 Å². The Bertz CT molecular complexity index is 945. The molecule has 7 nitrogen and oxygen atoms in total. The molecule has 1 N–H and O–H groups in total. The number of ether oxygens (including phenoxy) is 2. The first kappa shape index (κ1) is 22.4. The van der Waals surface area contributed by atoms with Crippen LogP contribution in [0.3, 0.4) is 0 Å². The number of carbonyl (C=O) groups excluding carboxylic acids is 3. The van der Waals surface area contributed by atoms with Crippen LogP contribution in [0.1, 0.15) is 42.3 Å². The lowest BCUT2D eigenvalue weighted by atomic mass is 10.1. The summed E-state index contributed by atoms with van der Waals surface area (Å²) in [7, 11) is 1.57. The molecule has 2 heterocycles. The average molecular weight is 453 g/mol.